The van der Waals surface area contributed by atoms with Gasteiger partial charge in [-0.15, -0.1) is 22.0 Å². The first kappa shape index (κ1) is 17.0. The fraction of sp³-hybridized carbons (Fsp3) is 0.118. The molecule has 0 aliphatic carbocycles. The van der Waals surface area contributed by atoms with E-state index < -0.39 is 0 Å². The largest absolute Gasteiger partial charge is 0.300 e. The first-order valence-corrected chi connectivity index (χ1v) is 9.57. The van der Waals surface area contributed by atoms with Crippen LogP contribution in [-0.4, -0.2) is 21.9 Å². The van der Waals surface area contributed by atoms with Crippen molar-refractivity contribution in [2.24, 2.45) is 0 Å². The lowest BCUT2D eigenvalue weighted by Gasteiger charge is -2.04. The van der Waals surface area contributed by atoms with Crippen molar-refractivity contribution in [1.29, 1.82) is 0 Å². The van der Waals surface area contributed by atoms with Gasteiger partial charge in [-0.3, -0.25) is 10.1 Å². The van der Waals surface area contributed by atoms with Gasteiger partial charge in [0.15, 0.2) is 0 Å². The second-order valence-electron chi connectivity index (χ2n) is 4.91. The highest BCUT2D eigenvalue weighted by Gasteiger charge is 2.10. The third-order valence-electron chi connectivity index (χ3n) is 3.14. The molecule has 1 amide bonds. The SMILES string of the molecule is O=C(CSCc1ccccc1Cl)Nc1nnc(-c2ccccc2)s1. The molecule has 0 saturated heterocycles. The monoisotopic (exact) mass is 375 g/mol. The molecule has 0 saturated carbocycles. The van der Waals surface area contributed by atoms with E-state index in [1.165, 1.54) is 23.1 Å². The van der Waals surface area contributed by atoms with Gasteiger partial charge >= 0.3 is 0 Å². The minimum Gasteiger partial charge on any atom is -0.300 e. The maximum Gasteiger partial charge on any atom is 0.236 e. The summed E-state index contributed by atoms with van der Waals surface area (Å²) in [5.41, 5.74) is 2.02. The molecule has 0 atom stereocenters. The summed E-state index contributed by atoms with van der Waals surface area (Å²) in [6.45, 7) is 0. The van der Waals surface area contributed by atoms with Gasteiger partial charge in [0.25, 0.3) is 0 Å². The zero-order valence-corrected chi connectivity index (χ0v) is 15.0. The standard InChI is InChI=1S/C17H14ClN3OS2/c18-14-9-5-4-8-13(14)10-23-11-15(22)19-17-21-20-16(24-17)12-6-2-1-3-7-12/h1-9H,10-11H2,(H,19,21,22). The molecular weight excluding hydrogens is 362 g/mol. The molecule has 1 aromatic heterocycles. The Hall–Kier alpha value is -1.89. The van der Waals surface area contributed by atoms with E-state index in [0.29, 0.717) is 16.6 Å². The minimum absolute atomic E-state index is 0.0946. The van der Waals surface area contributed by atoms with Gasteiger partial charge in [0.05, 0.1) is 5.75 Å². The van der Waals surface area contributed by atoms with Crippen molar-refractivity contribution in [2.75, 3.05) is 11.1 Å². The van der Waals surface area contributed by atoms with Gasteiger partial charge in [-0.25, -0.2) is 0 Å². The summed E-state index contributed by atoms with van der Waals surface area (Å²) in [6, 6.07) is 17.4. The van der Waals surface area contributed by atoms with Crippen molar-refractivity contribution in [1.82, 2.24) is 10.2 Å². The molecule has 4 nitrogen and oxygen atoms in total. The maximum atomic E-state index is 12.0. The predicted molar refractivity (Wildman–Crippen MR) is 102 cm³/mol. The van der Waals surface area contributed by atoms with Crippen LogP contribution in [0.4, 0.5) is 5.13 Å². The summed E-state index contributed by atoms with van der Waals surface area (Å²) in [5.74, 6) is 0.937. The Morgan fingerprint density at radius 2 is 1.83 bits per heavy atom. The molecule has 0 spiro atoms. The average molecular weight is 376 g/mol. The number of anilines is 1. The minimum atomic E-state index is -0.0946. The molecule has 7 heteroatoms. The fourth-order valence-electron chi connectivity index (χ4n) is 2.00. The number of benzene rings is 2. The molecule has 0 aliphatic heterocycles. The number of rotatable bonds is 6. The number of nitrogens with zero attached hydrogens (tertiary/aromatic N) is 2. The Morgan fingerprint density at radius 3 is 2.62 bits per heavy atom. The molecule has 24 heavy (non-hydrogen) atoms. The van der Waals surface area contributed by atoms with Crippen LogP contribution in [0.2, 0.25) is 5.02 Å². The third kappa shape index (κ3) is 4.56. The number of aromatic nitrogens is 2. The summed E-state index contributed by atoms with van der Waals surface area (Å²) < 4.78 is 0. The number of thioether (sulfide) groups is 1. The molecular formula is C17H14ClN3OS2. The first-order valence-electron chi connectivity index (χ1n) is 7.22. The second kappa shape index (κ2) is 8.28. The molecule has 0 aliphatic rings. The van der Waals surface area contributed by atoms with Gasteiger partial charge in [-0.05, 0) is 11.6 Å². The molecule has 0 radical (unpaired) electrons. The van der Waals surface area contributed by atoms with Crippen molar-refractivity contribution in [3.8, 4) is 10.6 Å². The van der Waals surface area contributed by atoms with Crippen molar-refractivity contribution in [3.05, 3.63) is 65.2 Å². The Labute approximate surface area is 153 Å². The maximum absolute atomic E-state index is 12.0. The summed E-state index contributed by atoms with van der Waals surface area (Å²) in [7, 11) is 0. The Balaban J connectivity index is 1.51. The summed E-state index contributed by atoms with van der Waals surface area (Å²) in [6.07, 6.45) is 0. The van der Waals surface area contributed by atoms with Crippen LogP contribution in [0.15, 0.2) is 54.6 Å². The van der Waals surface area contributed by atoms with Gasteiger partial charge < -0.3 is 0 Å². The Morgan fingerprint density at radius 1 is 1.08 bits per heavy atom. The predicted octanol–water partition coefficient (Wildman–Crippen LogP) is 4.73. The topological polar surface area (TPSA) is 54.9 Å². The van der Waals surface area contributed by atoms with Crippen LogP contribution in [0.5, 0.6) is 0 Å². The smallest absolute Gasteiger partial charge is 0.236 e. The molecule has 3 aromatic rings. The van der Waals surface area contributed by atoms with E-state index in [1.807, 2.05) is 54.6 Å². The van der Waals surface area contributed by atoms with Crippen LogP contribution in [0, 0.1) is 0 Å². The van der Waals surface area contributed by atoms with Crippen LogP contribution in [-0.2, 0) is 10.5 Å². The lowest BCUT2D eigenvalue weighted by atomic mass is 10.2. The van der Waals surface area contributed by atoms with E-state index >= 15 is 0 Å². The van der Waals surface area contributed by atoms with Crippen molar-refractivity contribution >= 4 is 45.7 Å². The van der Waals surface area contributed by atoms with Crippen LogP contribution in [0.25, 0.3) is 10.6 Å². The lowest BCUT2D eigenvalue weighted by molar-refractivity contribution is -0.113. The molecule has 0 unspecified atom stereocenters. The number of carbonyl (C=O) groups is 1. The molecule has 122 valence electrons. The zero-order chi connectivity index (χ0) is 16.8. The normalized spacial score (nSPS) is 10.5. The second-order valence-corrected chi connectivity index (χ2v) is 7.28. The van der Waals surface area contributed by atoms with E-state index in [4.69, 9.17) is 11.6 Å². The summed E-state index contributed by atoms with van der Waals surface area (Å²) in [5, 5.41) is 12.9. The van der Waals surface area contributed by atoms with Gasteiger partial charge in [0.1, 0.15) is 5.01 Å². The van der Waals surface area contributed by atoms with E-state index in [9.17, 15) is 4.79 Å². The highest BCUT2D eigenvalue weighted by molar-refractivity contribution is 7.99. The van der Waals surface area contributed by atoms with E-state index in [0.717, 1.165) is 21.2 Å². The number of hydrogen-bond donors (Lipinski definition) is 1. The number of nitrogens with one attached hydrogen (secondary N) is 1. The Kier molecular flexibility index (Phi) is 5.85. The number of carbonyl (C=O) groups excluding carboxylic acids is 1. The summed E-state index contributed by atoms with van der Waals surface area (Å²) >= 11 is 8.97. The Bertz CT molecular complexity index is 823. The third-order valence-corrected chi connectivity index (χ3v) is 5.38. The molecule has 1 heterocycles. The average Bonchev–Trinajstić information content (AvgIpc) is 3.06. The van der Waals surface area contributed by atoms with Crippen molar-refractivity contribution in [3.63, 3.8) is 0 Å². The fourth-order valence-corrected chi connectivity index (χ4v) is 3.87. The lowest BCUT2D eigenvalue weighted by Crippen LogP contribution is -2.14. The quantitative estimate of drug-likeness (QED) is 0.676. The molecule has 0 fully saturated rings. The van der Waals surface area contributed by atoms with Crippen LogP contribution in [0.3, 0.4) is 0 Å². The van der Waals surface area contributed by atoms with E-state index in [1.54, 1.807) is 0 Å². The first-order chi connectivity index (χ1) is 11.7. The van der Waals surface area contributed by atoms with Crippen LogP contribution >= 0.6 is 34.7 Å². The van der Waals surface area contributed by atoms with Crippen molar-refractivity contribution < 1.29 is 4.79 Å². The number of amides is 1. The molecule has 2 aromatic carbocycles. The number of halogens is 1. The van der Waals surface area contributed by atoms with Gasteiger partial charge in [-0.1, -0.05) is 71.5 Å². The highest BCUT2D eigenvalue weighted by Crippen LogP contribution is 2.26. The van der Waals surface area contributed by atoms with Gasteiger partial charge in [-0.2, -0.15) is 0 Å². The van der Waals surface area contributed by atoms with Crippen molar-refractivity contribution in [2.45, 2.75) is 5.75 Å². The highest BCUT2D eigenvalue weighted by atomic mass is 35.5. The van der Waals surface area contributed by atoms with Gasteiger partial charge in [0, 0.05) is 16.3 Å². The van der Waals surface area contributed by atoms with E-state index in [2.05, 4.69) is 15.5 Å². The molecule has 0 bridgehead atoms. The number of hydrogen-bond acceptors (Lipinski definition) is 5. The van der Waals surface area contributed by atoms with Crippen LogP contribution < -0.4 is 5.32 Å². The molecule has 1 N–H and O–H groups in total. The summed E-state index contributed by atoms with van der Waals surface area (Å²) in [4.78, 5) is 12.0. The zero-order valence-electron chi connectivity index (χ0n) is 12.6. The molecule has 3 rings (SSSR count). The van der Waals surface area contributed by atoms with Gasteiger partial charge in [0.2, 0.25) is 11.0 Å². The van der Waals surface area contributed by atoms with Crippen LogP contribution in [0.1, 0.15) is 5.56 Å². The van der Waals surface area contributed by atoms with E-state index in [-0.39, 0.29) is 5.91 Å².